The number of aliphatic hydroxyl groups excluding tert-OH is 1. The fourth-order valence-corrected chi connectivity index (χ4v) is 0.852. The molecule has 0 aliphatic rings. The topological polar surface area (TPSA) is 73.5 Å². The molecule has 0 aliphatic heterocycles. The zero-order chi connectivity index (χ0) is 8.97. The molecule has 4 nitrogen and oxygen atoms in total. The van der Waals surface area contributed by atoms with Crippen molar-refractivity contribution in [1.29, 1.82) is 0 Å². The number of carbonyl (C=O) groups is 1. The van der Waals surface area contributed by atoms with Crippen LogP contribution in [0.3, 0.4) is 0 Å². The number of aryl methyl sites for hydroxylation is 1. The van der Waals surface area contributed by atoms with Gasteiger partial charge in [0.25, 0.3) is 0 Å². The molecule has 0 saturated carbocycles. The van der Waals surface area contributed by atoms with Crippen molar-refractivity contribution >= 4 is 5.97 Å². The van der Waals surface area contributed by atoms with E-state index in [1.165, 1.54) is 6.26 Å². The Bertz CT molecular complexity index is 245. The van der Waals surface area contributed by atoms with Gasteiger partial charge in [0.05, 0.1) is 18.3 Å². The fraction of sp³-hybridized carbons (Fsp3) is 0.375. The van der Waals surface area contributed by atoms with Crippen LogP contribution in [-0.2, 0) is 11.2 Å². The first-order valence-electron chi connectivity index (χ1n) is 3.61. The van der Waals surface area contributed by atoms with Gasteiger partial charge in [-0.25, -0.2) is 0 Å². The minimum absolute atomic E-state index is 0. The van der Waals surface area contributed by atoms with Crippen molar-refractivity contribution in [3.63, 3.8) is 0 Å². The molecule has 0 amide bonds. The molecule has 0 radical (unpaired) electrons. The third-order valence-corrected chi connectivity index (χ3v) is 1.52. The number of furan rings is 1. The van der Waals surface area contributed by atoms with Gasteiger partial charge in [0.15, 0.2) is 0 Å². The number of aliphatic hydroxyl groups is 1. The van der Waals surface area contributed by atoms with Gasteiger partial charge in [-0.2, -0.15) is 0 Å². The summed E-state index contributed by atoms with van der Waals surface area (Å²) in [6, 6.07) is 3.43. The molecular weight excluding hydrogens is 183 g/mol. The smallest absolute Gasteiger partial charge is 0.547 e. The Hall–Kier alpha value is -0.290. The van der Waals surface area contributed by atoms with Crippen molar-refractivity contribution < 1.29 is 49.0 Å². The van der Waals surface area contributed by atoms with Crippen LogP contribution in [0.1, 0.15) is 12.2 Å². The Labute approximate surface area is 97.8 Å². The van der Waals surface area contributed by atoms with Crippen LogP contribution in [0.2, 0.25) is 0 Å². The van der Waals surface area contributed by atoms with Gasteiger partial charge in [0, 0.05) is 6.42 Å². The summed E-state index contributed by atoms with van der Waals surface area (Å²) in [5.74, 6) is -0.781. The Balaban J connectivity index is 0.00000144. The van der Waals surface area contributed by atoms with Crippen LogP contribution in [0, 0.1) is 0 Å². The molecule has 0 fully saturated rings. The van der Waals surface area contributed by atoms with Gasteiger partial charge in [-0.3, -0.25) is 0 Å². The minimum atomic E-state index is -1.44. The van der Waals surface area contributed by atoms with E-state index in [0.717, 1.165) is 0 Å². The summed E-state index contributed by atoms with van der Waals surface area (Å²) in [5, 5.41) is 18.9. The second-order valence-corrected chi connectivity index (χ2v) is 2.45. The zero-order valence-corrected chi connectivity index (χ0v) is 9.40. The first-order valence-corrected chi connectivity index (χ1v) is 3.61. The summed E-state index contributed by atoms with van der Waals surface area (Å²) >= 11 is 0. The van der Waals surface area contributed by atoms with Gasteiger partial charge in [0.2, 0.25) is 0 Å². The van der Waals surface area contributed by atoms with E-state index >= 15 is 0 Å². The number of hydrogen-bond acceptors (Lipinski definition) is 4. The van der Waals surface area contributed by atoms with E-state index in [0.29, 0.717) is 12.2 Å². The number of aliphatic carboxylic acids is 1. The van der Waals surface area contributed by atoms with E-state index in [-0.39, 0.29) is 36.0 Å². The molecule has 1 unspecified atom stereocenters. The van der Waals surface area contributed by atoms with Crippen molar-refractivity contribution in [2.24, 2.45) is 0 Å². The minimum Gasteiger partial charge on any atom is -0.547 e. The predicted molar refractivity (Wildman–Crippen MR) is 38.0 cm³/mol. The van der Waals surface area contributed by atoms with Gasteiger partial charge in [-0.15, -0.1) is 0 Å². The molecule has 5 heteroatoms. The van der Waals surface area contributed by atoms with Crippen LogP contribution in [0.25, 0.3) is 0 Å². The average molecular weight is 192 g/mol. The molecular formula is C8H9NaO4. The van der Waals surface area contributed by atoms with Gasteiger partial charge in [-0.1, -0.05) is 0 Å². The molecule has 0 spiro atoms. The van der Waals surface area contributed by atoms with E-state index in [9.17, 15) is 9.90 Å². The number of hydrogen-bond donors (Lipinski definition) is 1. The molecule has 1 aromatic rings. The SMILES string of the molecule is O=C([O-])C(O)CCc1ccco1.[Na+]. The first kappa shape index (κ1) is 12.7. The molecule has 0 aliphatic carbocycles. The van der Waals surface area contributed by atoms with Crippen molar-refractivity contribution in [2.45, 2.75) is 18.9 Å². The van der Waals surface area contributed by atoms with Crippen LogP contribution >= 0.6 is 0 Å². The normalized spacial score (nSPS) is 11.8. The quantitative estimate of drug-likeness (QED) is 0.499. The maximum absolute atomic E-state index is 10.1. The van der Waals surface area contributed by atoms with Crippen molar-refractivity contribution in [2.75, 3.05) is 0 Å². The standard InChI is InChI=1S/C8H10O4.Na/c9-7(8(10)11)4-3-6-2-1-5-12-6;/h1-2,5,7,9H,3-4H2,(H,10,11);/q;+1/p-1. The summed E-state index contributed by atoms with van der Waals surface area (Å²) in [7, 11) is 0. The number of rotatable bonds is 4. The summed E-state index contributed by atoms with van der Waals surface area (Å²) in [6.07, 6.45) is 0.619. The summed E-state index contributed by atoms with van der Waals surface area (Å²) in [4.78, 5) is 10.1. The van der Waals surface area contributed by atoms with Crippen molar-refractivity contribution in [1.82, 2.24) is 0 Å². The molecule has 1 heterocycles. The molecule has 1 atom stereocenters. The largest absolute Gasteiger partial charge is 1.00 e. The van der Waals surface area contributed by atoms with E-state index < -0.39 is 12.1 Å². The maximum Gasteiger partial charge on any atom is 1.00 e. The van der Waals surface area contributed by atoms with Gasteiger partial charge in [-0.05, 0) is 18.6 Å². The van der Waals surface area contributed by atoms with Crippen LogP contribution < -0.4 is 34.7 Å². The van der Waals surface area contributed by atoms with Crippen molar-refractivity contribution in [3.05, 3.63) is 24.2 Å². The van der Waals surface area contributed by atoms with Crippen LogP contribution in [0.4, 0.5) is 0 Å². The summed E-state index contributed by atoms with van der Waals surface area (Å²) in [6.45, 7) is 0. The second kappa shape index (κ2) is 6.21. The Kier molecular flexibility index (Phi) is 6.07. The number of carboxylic acid groups (broad SMARTS) is 1. The van der Waals surface area contributed by atoms with E-state index in [1.807, 2.05) is 0 Å². The fourth-order valence-electron chi connectivity index (χ4n) is 0.852. The number of carbonyl (C=O) groups excluding carboxylic acids is 1. The average Bonchev–Trinajstić information content (AvgIpc) is 2.51. The molecule has 1 rings (SSSR count). The van der Waals surface area contributed by atoms with Gasteiger partial charge in [0.1, 0.15) is 5.76 Å². The molecule has 0 bridgehead atoms. The van der Waals surface area contributed by atoms with E-state index in [1.54, 1.807) is 12.1 Å². The molecule has 1 aromatic heterocycles. The van der Waals surface area contributed by atoms with E-state index in [2.05, 4.69) is 0 Å². The molecule has 13 heavy (non-hydrogen) atoms. The molecule has 1 N–H and O–H groups in total. The molecule has 0 saturated heterocycles. The van der Waals surface area contributed by atoms with Gasteiger partial charge < -0.3 is 19.4 Å². The molecule has 0 aromatic carbocycles. The summed E-state index contributed by atoms with van der Waals surface area (Å²) in [5.41, 5.74) is 0. The first-order chi connectivity index (χ1) is 5.70. The molecule has 66 valence electrons. The predicted octanol–water partition coefficient (Wildman–Crippen LogP) is -3.67. The van der Waals surface area contributed by atoms with Crippen LogP contribution in [-0.4, -0.2) is 17.2 Å². The second-order valence-electron chi connectivity index (χ2n) is 2.45. The Morgan fingerprint density at radius 3 is 2.85 bits per heavy atom. The maximum atomic E-state index is 10.1. The summed E-state index contributed by atoms with van der Waals surface area (Å²) < 4.78 is 4.94. The third kappa shape index (κ3) is 4.47. The van der Waals surface area contributed by atoms with E-state index in [4.69, 9.17) is 9.52 Å². The monoisotopic (exact) mass is 192 g/mol. The Morgan fingerprint density at radius 1 is 1.69 bits per heavy atom. The zero-order valence-electron chi connectivity index (χ0n) is 7.40. The van der Waals surface area contributed by atoms with Gasteiger partial charge >= 0.3 is 29.6 Å². The van der Waals surface area contributed by atoms with Crippen LogP contribution in [0.15, 0.2) is 22.8 Å². The van der Waals surface area contributed by atoms with Crippen molar-refractivity contribution in [3.8, 4) is 0 Å². The van der Waals surface area contributed by atoms with Crippen LogP contribution in [0.5, 0.6) is 0 Å². The number of carboxylic acids is 1. The third-order valence-electron chi connectivity index (χ3n) is 1.52. The Morgan fingerprint density at radius 2 is 2.38 bits per heavy atom.